The first-order chi connectivity index (χ1) is 10.5. The van der Waals surface area contributed by atoms with E-state index >= 15 is 0 Å². The van der Waals surface area contributed by atoms with Gasteiger partial charge in [-0.3, -0.25) is 9.69 Å². The van der Waals surface area contributed by atoms with E-state index in [4.69, 9.17) is 9.15 Å². The number of hydrogen-bond donors (Lipinski definition) is 0. The lowest BCUT2D eigenvalue weighted by Crippen LogP contribution is -2.36. The Bertz CT molecular complexity index is 529. The highest BCUT2D eigenvalue weighted by molar-refractivity contribution is 5.87. The van der Waals surface area contributed by atoms with Crippen molar-refractivity contribution >= 4 is 11.9 Å². The van der Waals surface area contributed by atoms with E-state index in [0.717, 1.165) is 37.3 Å². The molecule has 0 radical (unpaired) electrons. The molecular weight excluding hydrogens is 286 g/mol. The number of carbonyl (C=O) groups excluding carboxylic acids is 2. The van der Waals surface area contributed by atoms with Crippen LogP contribution in [0.1, 0.15) is 41.6 Å². The van der Waals surface area contributed by atoms with Crippen LogP contribution in [0.4, 0.5) is 0 Å². The molecule has 1 aliphatic rings. The summed E-state index contributed by atoms with van der Waals surface area (Å²) in [6.07, 6.45) is 1.59. The molecule has 1 aromatic heterocycles. The number of aryl methyl sites for hydroxylation is 1. The van der Waals surface area contributed by atoms with Crippen LogP contribution in [0.2, 0.25) is 0 Å². The molecule has 1 saturated heterocycles. The van der Waals surface area contributed by atoms with Crippen molar-refractivity contribution in [3.8, 4) is 0 Å². The number of carbonyl (C=O) groups is 2. The molecule has 0 saturated carbocycles. The summed E-state index contributed by atoms with van der Waals surface area (Å²) in [5, 5.41) is 0. The molecule has 122 valence electrons. The third-order valence-electron chi connectivity index (χ3n) is 3.93. The van der Waals surface area contributed by atoms with Crippen molar-refractivity contribution in [2.45, 2.75) is 33.2 Å². The molecule has 1 aliphatic heterocycles. The number of piperidine rings is 1. The summed E-state index contributed by atoms with van der Waals surface area (Å²) in [7, 11) is 1.34. The minimum absolute atomic E-state index is 0.000155. The van der Waals surface area contributed by atoms with Gasteiger partial charge in [-0.1, -0.05) is 0 Å². The number of esters is 2. The summed E-state index contributed by atoms with van der Waals surface area (Å²) in [5.41, 5.74) is 0.781. The Balaban J connectivity index is 1.88. The van der Waals surface area contributed by atoms with Gasteiger partial charge in [-0.25, -0.2) is 4.79 Å². The lowest BCUT2D eigenvalue weighted by molar-refractivity contribution is -0.149. The minimum atomic E-state index is -0.454. The van der Waals surface area contributed by atoms with Gasteiger partial charge in [-0.2, -0.15) is 0 Å². The zero-order valence-corrected chi connectivity index (χ0v) is 13.4. The fourth-order valence-corrected chi connectivity index (χ4v) is 2.73. The molecule has 0 unspecified atom stereocenters. The summed E-state index contributed by atoms with van der Waals surface area (Å²) in [6, 6.07) is 1.86. The van der Waals surface area contributed by atoms with Gasteiger partial charge in [0.05, 0.1) is 26.2 Å². The predicted molar refractivity (Wildman–Crippen MR) is 79.4 cm³/mol. The maximum atomic E-state index is 11.7. The second-order valence-corrected chi connectivity index (χ2v) is 5.52. The van der Waals surface area contributed by atoms with Crippen LogP contribution in [0, 0.1) is 12.8 Å². The van der Waals surface area contributed by atoms with Crippen molar-refractivity contribution in [3.05, 3.63) is 23.2 Å². The van der Waals surface area contributed by atoms with Crippen LogP contribution < -0.4 is 0 Å². The molecule has 0 atom stereocenters. The molecule has 0 spiro atoms. The van der Waals surface area contributed by atoms with E-state index < -0.39 is 5.97 Å². The lowest BCUT2D eigenvalue weighted by Gasteiger charge is -2.30. The van der Waals surface area contributed by atoms with Crippen LogP contribution in [0.3, 0.4) is 0 Å². The van der Waals surface area contributed by atoms with Crippen molar-refractivity contribution in [1.82, 2.24) is 4.90 Å². The van der Waals surface area contributed by atoms with Crippen molar-refractivity contribution in [1.29, 1.82) is 0 Å². The fourth-order valence-electron chi connectivity index (χ4n) is 2.73. The molecule has 6 nitrogen and oxygen atoms in total. The first-order valence-electron chi connectivity index (χ1n) is 7.61. The predicted octanol–water partition coefficient (Wildman–Crippen LogP) is 2.15. The second-order valence-electron chi connectivity index (χ2n) is 5.52. The fraction of sp³-hybridized carbons (Fsp3) is 0.625. The molecule has 0 bridgehead atoms. The quantitative estimate of drug-likeness (QED) is 0.776. The maximum absolute atomic E-state index is 11.7. The van der Waals surface area contributed by atoms with E-state index in [1.165, 1.54) is 7.11 Å². The molecule has 22 heavy (non-hydrogen) atoms. The van der Waals surface area contributed by atoms with Crippen LogP contribution >= 0.6 is 0 Å². The number of hydrogen-bond acceptors (Lipinski definition) is 6. The molecule has 6 heteroatoms. The molecule has 0 aliphatic carbocycles. The number of nitrogens with zero attached hydrogens (tertiary/aromatic N) is 1. The average Bonchev–Trinajstić information content (AvgIpc) is 2.88. The van der Waals surface area contributed by atoms with Crippen LogP contribution in [0.5, 0.6) is 0 Å². The van der Waals surface area contributed by atoms with Gasteiger partial charge >= 0.3 is 11.9 Å². The third kappa shape index (κ3) is 3.88. The molecule has 2 heterocycles. The standard InChI is InChI=1S/C16H23NO5/c1-4-21-15(18)12-5-7-17(8-6-12)10-13-9-11(2)14(22-13)16(19)20-3/h9,12H,4-8,10H2,1-3H3. The van der Waals surface area contributed by atoms with Gasteiger partial charge in [-0.15, -0.1) is 0 Å². The van der Waals surface area contributed by atoms with Gasteiger partial charge in [0.1, 0.15) is 5.76 Å². The maximum Gasteiger partial charge on any atom is 0.374 e. The van der Waals surface area contributed by atoms with E-state index in [2.05, 4.69) is 9.64 Å². The number of methoxy groups -OCH3 is 1. The Morgan fingerprint density at radius 2 is 2.05 bits per heavy atom. The van der Waals surface area contributed by atoms with Gasteiger partial charge in [0, 0.05) is 5.56 Å². The Kier molecular flexibility index (Phi) is 5.60. The van der Waals surface area contributed by atoms with E-state index in [-0.39, 0.29) is 17.6 Å². The Labute approximate surface area is 130 Å². The van der Waals surface area contributed by atoms with Gasteiger partial charge in [-0.05, 0) is 45.8 Å². The van der Waals surface area contributed by atoms with Gasteiger partial charge < -0.3 is 13.9 Å². The average molecular weight is 309 g/mol. The Hall–Kier alpha value is -1.82. The Morgan fingerprint density at radius 1 is 1.36 bits per heavy atom. The zero-order chi connectivity index (χ0) is 16.1. The van der Waals surface area contributed by atoms with Crippen LogP contribution in [0.25, 0.3) is 0 Å². The second kappa shape index (κ2) is 7.45. The number of likely N-dealkylation sites (tertiary alicyclic amines) is 1. The largest absolute Gasteiger partial charge is 0.466 e. The minimum Gasteiger partial charge on any atom is -0.466 e. The van der Waals surface area contributed by atoms with Crippen molar-refractivity contribution in [2.24, 2.45) is 5.92 Å². The summed E-state index contributed by atoms with van der Waals surface area (Å²) in [4.78, 5) is 25.5. The lowest BCUT2D eigenvalue weighted by atomic mass is 9.97. The van der Waals surface area contributed by atoms with Crippen molar-refractivity contribution in [3.63, 3.8) is 0 Å². The van der Waals surface area contributed by atoms with Crippen LogP contribution in [-0.4, -0.2) is 43.6 Å². The molecule has 0 aromatic carbocycles. The third-order valence-corrected chi connectivity index (χ3v) is 3.93. The summed E-state index contributed by atoms with van der Waals surface area (Å²) in [6.45, 7) is 6.35. The summed E-state index contributed by atoms with van der Waals surface area (Å²) in [5.74, 6) is 0.459. The number of ether oxygens (including phenoxy) is 2. The van der Waals surface area contributed by atoms with Crippen molar-refractivity contribution < 1.29 is 23.5 Å². The molecular formula is C16H23NO5. The smallest absolute Gasteiger partial charge is 0.374 e. The van der Waals surface area contributed by atoms with Gasteiger partial charge in [0.2, 0.25) is 5.76 Å². The van der Waals surface area contributed by atoms with E-state index in [9.17, 15) is 9.59 Å². The summed E-state index contributed by atoms with van der Waals surface area (Å²) < 4.78 is 15.3. The topological polar surface area (TPSA) is 69.0 Å². The number of furan rings is 1. The zero-order valence-electron chi connectivity index (χ0n) is 13.4. The van der Waals surface area contributed by atoms with Crippen LogP contribution in [0.15, 0.2) is 10.5 Å². The first-order valence-corrected chi connectivity index (χ1v) is 7.61. The van der Waals surface area contributed by atoms with Gasteiger partial charge in [0.25, 0.3) is 0 Å². The molecule has 0 amide bonds. The Morgan fingerprint density at radius 3 is 2.64 bits per heavy atom. The number of rotatable bonds is 5. The van der Waals surface area contributed by atoms with E-state index in [0.29, 0.717) is 13.2 Å². The monoisotopic (exact) mass is 309 g/mol. The van der Waals surface area contributed by atoms with Gasteiger partial charge in [0.15, 0.2) is 0 Å². The van der Waals surface area contributed by atoms with E-state index in [1.54, 1.807) is 0 Å². The van der Waals surface area contributed by atoms with Crippen molar-refractivity contribution in [2.75, 3.05) is 26.8 Å². The van der Waals surface area contributed by atoms with E-state index in [1.807, 2.05) is 19.9 Å². The molecule has 1 aromatic rings. The normalized spacial score (nSPS) is 16.5. The highest BCUT2D eigenvalue weighted by Gasteiger charge is 2.26. The first kappa shape index (κ1) is 16.5. The molecule has 1 fully saturated rings. The highest BCUT2D eigenvalue weighted by atomic mass is 16.5. The molecule has 0 N–H and O–H groups in total. The summed E-state index contributed by atoms with van der Waals surface area (Å²) >= 11 is 0. The SMILES string of the molecule is CCOC(=O)C1CCN(Cc2cc(C)c(C(=O)OC)o2)CC1. The highest BCUT2D eigenvalue weighted by Crippen LogP contribution is 2.22. The van der Waals surface area contributed by atoms with Crippen LogP contribution in [-0.2, 0) is 20.8 Å². The molecule has 2 rings (SSSR count).